The van der Waals surface area contributed by atoms with E-state index in [-0.39, 0.29) is 46.9 Å². The second-order valence-electron chi connectivity index (χ2n) is 0.247. The molecular weight excluding hydrogens is 242 g/mol. The minimum atomic E-state index is -3.67. The maximum Gasteiger partial charge on any atom is 0.379 e. The van der Waals surface area contributed by atoms with E-state index in [4.69, 9.17) is 0 Å². The first-order chi connectivity index (χ1) is 1.73. The molecule has 0 aliphatic carbocycles. The van der Waals surface area contributed by atoms with Crippen LogP contribution >= 0.6 is 0 Å². The Hall–Kier alpha value is 1.31. The summed E-state index contributed by atoms with van der Waals surface area (Å²) in [6, 6.07) is 0. The molecule has 0 atom stereocenters. The first kappa shape index (κ1) is 9.58. The monoisotopic (exact) mass is 244 g/mol. The van der Waals surface area contributed by atoms with Crippen molar-refractivity contribution in [3.05, 3.63) is 0 Å². The largest absolute Gasteiger partial charge is 0.379 e. The second-order valence-corrected chi connectivity index (χ2v) is 0.247. The maximum absolute atomic E-state index is 9.67. The summed E-state index contributed by atoms with van der Waals surface area (Å²) in [6.45, 7) is -3.67. The molecule has 0 saturated carbocycles. The predicted octanol–water partition coefficient (Wildman–Crippen LogP) is 1.18. The second kappa shape index (κ2) is 5.31. The van der Waals surface area contributed by atoms with Crippen LogP contribution < -0.4 is 0 Å². The Morgan fingerprint density at radius 2 is 1.00 bits per heavy atom. The molecule has 0 aliphatic rings. The van der Waals surface area contributed by atoms with Crippen molar-refractivity contribution in [3.8, 4) is 0 Å². The molecule has 0 unspecified atom stereocenters. The van der Waals surface area contributed by atoms with Gasteiger partial charge in [-0.1, -0.05) is 0 Å². The zero-order valence-electron chi connectivity index (χ0n) is 1.98. The maximum atomic E-state index is 9.67. The Kier molecular flexibility index (Phi) is 10.2. The third-order valence-corrected chi connectivity index (χ3v) is 0. The van der Waals surface area contributed by atoms with E-state index in [2.05, 4.69) is 0 Å². The van der Waals surface area contributed by atoms with Gasteiger partial charge in [-0.25, -0.2) is 0 Å². The fraction of sp³-hybridized carbons (Fsp3) is 1.00. The van der Waals surface area contributed by atoms with Gasteiger partial charge in [0, 0.05) is 46.9 Å². The first-order valence-electron chi connectivity index (χ1n) is 0.655. The van der Waals surface area contributed by atoms with Crippen molar-refractivity contribution in [2.45, 2.75) is 6.68 Å². The zero-order valence-corrected chi connectivity index (χ0v) is 3.69. The molecule has 0 radical (unpaired) electrons. The summed E-state index contributed by atoms with van der Waals surface area (Å²) in [5.41, 5.74) is 0. The minimum absolute atomic E-state index is 0. The molecule has 0 aromatic heterocycles. The molecule has 0 aromatic carbocycles. The van der Waals surface area contributed by atoms with Gasteiger partial charge in [0.25, 0.3) is 0 Å². The molecule has 0 nitrogen and oxygen atoms in total. The number of alkyl halides is 3. The van der Waals surface area contributed by atoms with E-state index in [0.29, 0.717) is 0 Å². The normalized spacial score (nSPS) is 7.20. The SMILES string of the molecule is FC(F)F.[Yb]. The Labute approximate surface area is 66.0 Å². The topological polar surface area (TPSA) is 0 Å². The molecule has 0 spiro atoms. The molecule has 0 aromatic rings. The van der Waals surface area contributed by atoms with Gasteiger partial charge in [-0.3, -0.25) is 0 Å². The molecule has 0 N–H and O–H groups in total. The molecule has 0 saturated heterocycles. The van der Waals surface area contributed by atoms with E-state index in [9.17, 15) is 13.2 Å². The zero-order chi connectivity index (χ0) is 3.58. The third kappa shape index (κ3) is 33.9. The van der Waals surface area contributed by atoms with E-state index in [1.807, 2.05) is 0 Å². The standard InChI is InChI=1S/CHF3.Yb/c2-1(3)4;/h1H;. The molecule has 0 fully saturated rings. The van der Waals surface area contributed by atoms with Crippen LogP contribution in [0.4, 0.5) is 13.2 Å². The van der Waals surface area contributed by atoms with E-state index < -0.39 is 6.68 Å². The van der Waals surface area contributed by atoms with Crippen LogP contribution in [-0.2, 0) is 0 Å². The van der Waals surface area contributed by atoms with Crippen LogP contribution in [-0.4, -0.2) is 6.68 Å². The molecule has 5 heavy (non-hydrogen) atoms. The molecule has 0 rings (SSSR count). The minimum Gasteiger partial charge on any atom is -0.174 e. The number of hydrogen-bond donors (Lipinski definition) is 0. The van der Waals surface area contributed by atoms with Crippen molar-refractivity contribution in [3.63, 3.8) is 0 Å². The van der Waals surface area contributed by atoms with E-state index in [1.54, 1.807) is 0 Å². The quantitative estimate of drug-likeness (QED) is 0.599. The van der Waals surface area contributed by atoms with Crippen LogP contribution in [0.2, 0.25) is 0 Å². The van der Waals surface area contributed by atoms with Crippen LogP contribution in [0.15, 0.2) is 0 Å². The van der Waals surface area contributed by atoms with Crippen molar-refractivity contribution >= 4 is 0 Å². The van der Waals surface area contributed by atoms with Gasteiger partial charge in [-0.2, -0.15) is 13.2 Å². The van der Waals surface area contributed by atoms with E-state index >= 15 is 0 Å². The fourth-order valence-electron chi connectivity index (χ4n) is 0. The Morgan fingerprint density at radius 1 is 1.00 bits per heavy atom. The molecule has 0 amide bonds. The molecule has 4 heteroatoms. The average Bonchev–Trinajstić information content (AvgIpc) is 0.811. The first-order valence-corrected chi connectivity index (χ1v) is 0.655. The van der Waals surface area contributed by atoms with Crippen molar-refractivity contribution < 1.29 is 60.1 Å². The number of halogens is 3. The summed E-state index contributed by atoms with van der Waals surface area (Å²) in [5, 5.41) is 0. The van der Waals surface area contributed by atoms with Crippen molar-refractivity contribution in [2.75, 3.05) is 0 Å². The Balaban J connectivity index is 0. The van der Waals surface area contributed by atoms with Gasteiger partial charge in [0.1, 0.15) is 0 Å². The van der Waals surface area contributed by atoms with Crippen LogP contribution in [0.3, 0.4) is 0 Å². The van der Waals surface area contributed by atoms with Crippen LogP contribution in [0.1, 0.15) is 0 Å². The van der Waals surface area contributed by atoms with Gasteiger partial charge in [0.05, 0.1) is 0 Å². The Bertz CT molecular complexity index is 11.6. The van der Waals surface area contributed by atoms with Crippen molar-refractivity contribution in [2.24, 2.45) is 0 Å². The van der Waals surface area contributed by atoms with Gasteiger partial charge in [0.2, 0.25) is 0 Å². The van der Waals surface area contributed by atoms with Gasteiger partial charge in [0.15, 0.2) is 0 Å². The van der Waals surface area contributed by atoms with E-state index in [1.165, 1.54) is 0 Å². The fourth-order valence-corrected chi connectivity index (χ4v) is 0. The summed E-state index contributed by atoms with van der Waals surface area (Å²) in [5.74, 6) is 0. The summed E-state index contributed by atoms with van der Waals surface area (Å²) in [4.78, 5) is 0. The van der Waals surface area contributed by atoms with Gasteiger partial charge < -0.3 is 0 Å². The summed E-state index contributed by atoms with van der Waals surface area (Å²) in [6.07, 6.45) is 0. The molecule has 0 bridgehead atoms. The third-order valence-electron chi connectivity index (χ3n) is 0. The summed E-state index contributed by atoms with van der Waals surface area (Å²) in [7, 11) is 0. The van der Waals surface area contributed by atoms with Crippen molar-refractivity contribution in [1.82, 2.24) is 0 Å². The van der Waals surface area contributed by atoms with Crippen molar-refractivity contribution in [1.29, 1.82) is 0 Å². The molecule has 0 aliphatic heterocycles. The van der Waals surface area contributed by atoms with Gasteiger partial charge in [-0.05, 0) is 0 Å². The van der Waals surface area contributed by atoms with Gasteiger partial charge >= 0.3 is 6.68 Å². The van der Waals surface area contributed by atoms with Crippen LogP contribution in [0.25, 0.3) is 0 Å². The van der Waals surface area contributed by atoms with Crippen LogP contribution in [0, 0.1) is 46.9 Å². The number of hydrogen-bond acceptors (Lipinski definition) is 0. The molecular formula is CHF3Yb. The predicted molar refractivity (Wildman–Crippen MR) is 7.11 cm³/mol. The van der Waals surface area contributed by atoms with Crippen LogP contribution in [0.5, 0.6) is 0 Å². The summed E-state index contributed by atoms with van der Waals surface area (Å²) < 4.78 is 29.0. The van der Waals surface area contributed by atoms with Gasteiger partial charge in [-0.15, -0.1) is 0 Å². The number of rotatable bonds is 0. The summed E-state index contributed by atoms with van der Waals surface area (Å²) >= 11 is 0. The average molecular weight is 243 g/mol. The molecule has 0 heterocycles. The Morgan fingerprint density at radius 3 is 1.00 bits per heavy atom. The smallest absolute Gasteiger partial charge is 0.174 e. The van der Waals surface area contributed by atoms with E-state index in [0.717, 1.165) is 0 Å². The molecule has 40 valence electrons.